The average molecular weight is 221 g/mol. The summed E-state index contributed by atoms with van der Waals surface area (Å²) in [7, 11) is 0. The summed E-state index contributed by atoms with van der Waals surface area (Å²) in [6.07, 6.45) is 3.56. The van der Waals surface area contributed by atoms with E-state index in [-0.39, 0.29) is 17.9 Å². The number of carbonyl (C=O) groups excluding carboxylic acids is 2. The Balaban J connectivity index is 1.80. The topological polar surface area (TPSA) is 82.0 Å². The van der Waals surface area contributed by atoms with Crippen LogP contribution < -0.4 is 10.6 Å². The van der Waals surface area contributed by atoms with E-state index in [0.29, 0.717) is 25.8 Å². The molecule has 0 bridgehead atoms. The summed E-state index contributed by atoms with van der Waals surface area (Å²) < 4.78 is 0. The predicted molar refractivity (Wildman–Crippen MR) is 56.1 cm³/mol. The molecule has 0 aromatic rings. The highest BCUT2D eigenvalue weighted by Gasteiger charge is 2.44. The number of carbonyl (C=O) groups is 2. The van der Waals surface area contributed by atoms with Gasteiger partial charge < -0.3 is 10.6 Å². The minimum atomic E-state index is -0.789. The van der Waals surface area contributed by atoms with E-state index >= 15 is 0 Å². The Kier molecular flexibility index (Phi) is 2.82. The lowest BCUT2D eigenvalue weighted by Gasteiger charge is -2.33. The molecule has 2 N–H and O–H groups in total. The van der Waals surface area contributed by atoms with Crippen molar-refractivity contribution in [2.24, 2.45) is 5.41 Å². The summed E-state index contributed by atoms with van der Waals surface area (Å²) in [5.41, 5.74) is -0.789. The van der Waals surface area contributed by atoms with E-state index in [4.69, 9.17) is 5.26 Å². The molecule has 0 radical (unpaired) electrons. The maximum Gasteiger partial charge on any atom is 0.240 e. The molecule has 1 heterocycles. The number of nitriles is 1. The van der Waals surface area contributed by atoms with Crippen LogP contribution in [0.1, 0.15) is 32.1 Å². The predicted octanol–water partition coefficient (Wildman–Crippen LogP) is 0.0751. The number of nitrogens with zero attached hydrogens (tertiary/aromatic N) is 1. The molecule has 16 heavy (non-hydrogen) atoms. The summed E-state index contributed by atoms with van der Waals surface area (Å²) in [6.45, 7) is 0.438. The number of hydrogen-bond acceptors (Lipinski definition) is 3. The molecular weight excluding hydrogens is 206 g/mol. The minimum Gasteiger partial charge on any atom is -0.353 e. The van der Waals surface area contributed by atoms with Crippen LogP contribution in [0.25, 0.3) is 0 Å². The first-order valence-corrected chi connectivity index (χ1v) is 5.65. The number of rotatable bonds is 3. The Hall–Kier alpha value is -1.57. The van der Waals surface area contributed by atoms with Crippen LogP contribution in [0.2, 0.25) is 0 Å². The van der Waals surface area contributed by atoms with Gasteiger partial charge in [-0.25, -0.2) is 0 Å². The fourth-order valence-electron chi connectivity index (χ4n) is 2.14. The van der Waals surface area contributed by atoms with Crippen molar-refractivity contribution in [3.8, 4) is 6.07 Å². The van der Waals surface area contributed by atoms with Crippen molar-refractivity contribution >= 4 is 11.8 Å². The molecule has 2 rings (SSSR count). The average Bonchev–Trinajstić information content (AvgIpc) is 2.60. The van der Waals surface area contributed by atoms with Gasteiger partial charge in [0.25, 0.3) is 0 Å². The summed E-state index contributed by atoms with van der Waals surface area (Å²) >= 11 is 0. The van der Waals surface area contributed by atoms with E-state index in [1.54, 1.807) is 0 Å². The second-order valence-electron chi connectivity index (χ2n) is 4.56. The third-order valence-corrected chi connectivity index (χ3v) is 3.45. The molecule has 1 atom stereocenters. The molecular formula is C11H15N3O2. The molecule has 1 saturated carbocycles. The molecule has 5 nitrogen and oxygen atoms in total. The molecule has 1 unspecified atom stereocenters. The molecule has 0 spiro atoms. The quantitative estimate of drug-likeness (QED) is 0.707. The van der Waals surface area contributed by atoms with Crippen LogP contribution in [0.4, 0.5) is 0 Å². The van der Waals surface area contributed by atoms with Crippen LogP contribution in [0.15, 0.2) is 0 Å². The van der Waals surface area contributed by atoms with Gasteiger partial charge >= 0.3 is 0 Å². The normalized spacial score (nSPS) is 26.4. The van der Waals surface area contributed by atoms with E-state index in [1.165, 1.54) is 0 Å². The highest BCUT2D eigenvalue weighted by Crippen LogP contribution is 2.40. The minimum absolute atomic E-state index is 0.0345. The third kappa shape index (κ3) is 1.87. The molecule has 1 aliphatic heterocycles. The van der Waals surface area contributed by atoms with Gasteiger partial charge in [0.15, 0.2) is 0 Å². The summed E-state index contributed by atoms with van der Waals surface area (Å²) in [6, 6.07) is 2.13. The molecule has 0 aromatic heterocycles. The lowest BCUT2D eigenvalue weighted by atomic mass is 9.69. The first-order chi connectivity index (χ1) is 7.66. The molecule has 2 aliphatic rings. The number of nitrogens with one attached hydrogen (secondary N) is 2. The summed E-state index contributed by atoms with van der Waals surface area (Å²) in [5.74, 6) is -0.139. The third-order valence-electron chi connectivity index (χ3n) is 3.45. The SMILES string of the molecule is N#CC1(C(=O)NCC2CCC(=O)N2)CCC1. The Labute approximate surface area is 94.2 Å². The first kappa shape index (κ1) is 10.9. The van der Waals surface area contributed by atoms with Crippen LogP contribution in [-0.4, -0.2) is 24.4 Å². The molecule has 2 fully saturated rings. The van der Waals surface area contributed by atoms with Gasteiger partial charge in [0.05, 0.1) is 6.07 Å². The van der Waals surface area contributed by atoms with Crippen molar-refractivity contribution in [3.63, 3.8) is 0 Å². The van der Waals surface area contributed by atoms with E-state index in [1.807, 2.05) is 0 Å². The molecule has 1 aliphatic carbocycles. The Morgan fingerprint density at radius 3 is 2.81 bits per heavy atom. The monoisotopic (exact) mass is 221 g/mol. The molecule has 2 amide bonds. The lowest BCUT2D eigenvalue weighted by molar-refractivity contribution is -0.132. The van der Waals surface area contributed by atoms with Gasteiger partial charge in [0, 0.05) is 19.0 Å². The van der Waals surface area contributed by atoms with Gasteiger partial charge in [0.2, 0.25) is 11.8 Å². The standard InChI is InChI=1S/C11H15N3O2/c12-7-11(4-1-5-11)10(16)13-6-8-2-3-9(15)14-8/h8H,1-6H2,(H,13,16)(H,14,15). The van der Waals surface area contributed by atoms with Gasteiger partial charge in [-0.2, -0.15) is 5.26 Å². The first-order valence-electron chi connectivity index (χ1n) is 5.65. The van der Waals surface area contributed by atoms with Gasteiger partial charge in [-0.05, 0) is 25.7 Å². The van der Waals surface area contributed by atoms with Crippen LogP contribution in [0.3, 0.4) is 0 Å². The molecule has 5 heteroatoms. The maximum atomic E-state index is 11.8. The highest BCUT2D eigenvalue weighted by atomic mass is 16.2. The second-order valence-corrected chi connectivity index (χ2v) is 4.56. The smallest absolute Gasteiger partial charge is 0.240 e. The van der Waals surface area contributed by atoms with Gasteiger partial charge in [0.1, 0.15) is 5.41 Å². The number of hydrogen-bond donors (Lipinski definition) is 2. The van der Waals surface area contributed by atoms with Crippen LogP contribution in [0, 0.1) is 16.7 Å². The summed E-state index contributed by atoms with van der Waals surface area (Å²) in [5, 5.41) is 14.5. The van der Waals surface area contributed by atoms with Crippen molar-refractivity contribution in [3.05, 3.63) is 0 Å². The summed E-state index contributed by atoms with van der Waals surface area (Å²) in [4.78, 5) is 22.7. The second kappa shape index (κ2) is 4.12. The zero-order valence-electron chi connectivity index (χ0n) is 9.08. The molecule has 86 valence electrons. The van der Waals surface area contributed by atoms with Crippen molar-refractivity contribution in [1.29, 1.82) is 5.26 Å². The van der Waals surface area contributed by atoms with E-state index in [0.717, 1.165) is 12.8 Å². The molecule has 0 aromatic carbocycles. The zero-order valence-corrected chi connectivity index (χ0v) is 9.08. The van der Waals surface area contributed by atoms with Gasteiger partial charge in [-0.1, -0.05) is 0 Å². The van der Waals surface area contributed by atoms with Gasteiger partial charge in [-0.3, -0.25) is 9.59 Å². The fourth-order valence-corrected chi connectivity index (χ4v) is 2.14. The highest BCUT2D eigenvalue weighted by molar-refractivity contribution is 5.86. The lowest BCUT2D eigenvalue weighted by Crippen LogP contribution is -2.48. The number of amides is 2. The van der Waals surface area contributed by atoms with Crippen molar-refractivity contribution < 1.29 is 9.59 Å². The van der Waals surface area contributed by atoms with Gasteiger partial charge in [-0.15, -0.1) is 0 Å². The van der Waals surface area contributed by atoms with Crippen LogP contribution in [0.5, 0.6) is 0 Å². The van der Waals surface area contributed by atoms with Crippen molar-refractivity contribution in [1.82, 2.24) is 10.6 Å². The van der Waals surface area contributed by atoms with E-state index in [2.05, 4.69) is 16.7 Å². The fraction of sp³-hybridized carbons (Fsp3) is 0.727. The molecule has 1 saturated heterocycles. The van der Waals surface area contributed by atoms with Crippen molar-refractivity contribution in [2.75, 3.05) is 6.54 Å². The largest absolute Gasteiger partial charge is 0.353 e. The zero-order chi connectivity index (χ0) is 11.6. The Bertz CT molecular complexity index is 355. The van der Waals surface area contributed by atoms with Crippen molar-refractivity contribution in [2.45, 2.75) is 38.1 Å². The Morgan fingerprint density at radius 1 is 1.62 bits per heavy atom. The Morgan fingerprint density at radius 2 is 2.38 bits per heavy atom. The van der Waals surface area contributed by atoms with E-state index in [9.17, 15) is 9.59 Å². The van der Waals surface area contributed by atoms with Crippen LogP contribution >= 0.6 is 0 Å². The van der Waals surface area contributed by atoms with E-state index < -0.39 is 5.41 Å². The maximum absolute atomic E-state index is 11.8. The van der Waals surface area contributed by atoms with Crippen LogP contribution in [-0.2, 0) is 9.59 Å².